The third kappa shape index (κ3) is 4.75. The molecule has 1 rings (SSSR count). The van der Waals surface area contributed by atoms with Gasteiger partial charge in [-0.15, -0.1) is 18.3 Å². The average molecular weight is 235 g/mol. The lowest BCUT2D eigenvalue weighted by atomic mass is 10.2. The number of unbranched alkanes of at least 4 members (excludes halogenated alkanes) is 3. The number of aryl methyl sites for hydroxylation is 1. The van der Waals surface area contributed by atoms with Crippen molar-refractivity contribution in [1.82, 2.24) is 0 Å². The molecular formula is C14H21NS. The molecule has 88 valence electrons. The quantitative estimate of drug-likeness (QED) is 0.328. The van der Waals surface area contributed by atoms with E-state index in [0.717, 1.165) is 12.1 Å². The standard InChI is InChI=1S/C14H21NS/c1-3-4-5-6-7-10-16-13-8-9-14(15)12(2)11-13/h3,8-9,11H,1,4-7,10,15H2,2H3. The van der Waals surface area contributed by atoms with Crippen molar-refractivity contribution in [2.24, 2.45) is 0 Å². The third-order valence-electron chi connectivity index (χ3n) is 2.56. The van der Waals surface area contributed by atoms with Crippen molar-refractivity contribution in [3.63, 3.8) is 0 Å². The van der Waals surface area contributed by atoms with Crippen LogP contribution in [0, 0.1) is 6.92 Å². The van der Waals surface area contributed by atoms with Crippen LogP contribution in [0.5, 0.6) is 0 Å². The fourth-order valence-electron chi connectivity index (χ4n) is 1.50. The van der Waals surface area contributed by atoms with Gasteiger partial charge in [0.2, 0.25) is 0 Å². The molecule has 0 aliphatic heterocycles. The molecule has 16 heavy (non-hydrogen) atoms. The van der Waals surface area contributed by atoms with Crippen LogP contribution >= 0.6 is 11.8 Å². The number of thioether (sulfide) groups is 1. The van der Waals surface area contributed by atoms with Gasteiger partial charge in [0.15, 0.2) is 0 Å². The lowest BCUT2D eigenvalue weighted by Gasteiger charge is -2.04. The van der Waals surface area contributed by atoms with Crippen LogP contribution in [0.3, 0.4) is 0 Å². The molecule has 0 aliphatic carbocycles. The molecule has 0 heterocycles. The predicted molar refractivity (Wildman–Crippen MR) is 75.0 cm³/mol. The minimum absolute atomic E-state index is 0.885. The molecule has 0 bridgehead atoms. The number of rotatable bonds is 7. The highest BCUT2D eigenvalue weighted by Crippen LogP contribution is 2.23. The lowest BCUT2D eigenvalue weighted by molar-refractivity contribution is 0.735. The van der Waals surface area contributed by atoms with E-state index < -0.39 is 0 Å². The van der Waals surface area contributed by atoms with Gasteiger partial charge in [0, 0.05) is 10.6 Å². The van der Waals surface area contributed by atoms with E-state index in [0.29, 0.717) is 0 Å². The highest BCUT2D eigenvalue weighted by Gasteiger charge is 1.97. The number of allylic oxidation sites excluding steroid dienone is 1. The van der Waals surface area contributed by atoms with Crippen LogP contribution in [-0.4, -0.2) is 5.75 Å². The van der Waals surface area contributed by atoms with Gasteiger partial charge < -0.3 is 5.73 Å². The number of benzene rings is 1. The first kappa shape index (κ1) is 13.2. The molecule has 0 radical (unpaired) electrons. The maximum atomic E-state index is 5.78. The smallest absolute Gasteiger partial charge is 0.0344 e. The van der Waals surface area contributed by atoms with E-state index in [9.17, 15) is 0 Å². The first-order chi connectivity index (χ1) is 7.74. The first-order valence-corrected chi connectivity index (χ1v) is 6.82. The Labute approximate surface area is 103 Å². The minimum atomic E-state index is 0.885. The Hall–Kier alpha value is -0.890. The summed E-state index contributed by atoms with van der Waals surface area (Å²) in [6.45, 7) is 5.79. The summed E-state index contributed by atoms with van der Waals surface area (Å²) in [7, 11) is 0. The summed E-state index contributed by atoms with van der Waals surface area (Å²) in [5, 5.41) is 0. The maximum absolute atomic E-state index is 5.78. The van der Waals surface area contributed by atoms with Gasteiger partial charge in [-0.1, -0.05) is 12.5 Å². The van der Waals surface area contributed by atoms with Gasteiger partial charge in [0.1, 0.15) is 0 Å². The van der Waals surface area contributed by atoms with Crippen LogP contribution in [0.1, 0.15) is 31.2 Å². The summed E-state index contributed by atoms with van der Waals surface area (Å²) in [4.78, 5) is 1.33. The van der Waals surface area contributed by atoms with Crippen LogP contribution in [0.25, 0.3) is 0 Å². The molecule has 0 saturated heterocycles. The summed E-state index contributed by atoms with van der Waals surface area (Å²) in [6.07, 6.45) is 6.99. The third-order valence-corrected chi connectivity index (χ3v) is 3.64. The van der Waals surface area contributed by atoms with Crippen molar-refractivity contribution < 1.29 is 0 Å². The van der Waals surface area contributed by atoms with E-state index in [4.69, 9.17) is 5.73 Å². The second-order valence-corrected chi connectivity index (χ2v) is 5.17. The highest BCUT2D eigenvalue weighted by molar-refractivity contribution is 7.99. The Kier molecular flexibility index (Phi) is 6.09. The molecule has 2 heteroatoms. The highest BCUT2D eigenvalue weighted by atomic mass is 32.2. The van der Waals surface area contributed by atoms with Crippen molar-refractivity contribution in [2.45, 2.75) is 37.5 Å². The second kappa shape index (κ2) is 7.39. The fourth-order valence-corrected chi connectivity index (χ4v) is 2.50. The van der Waals surface area contributed by atoms with Crippen molar-refractivity contribution in [3.8, 4) is 0 Å². The number of hydrogen-bond donors (Lipinski definition) is 1. The normalized spacial score (nSPS) is 10.3. The van der Waals surface area contributed by atoms with E-state index in [1.54, 1.807) is 0 Å². The van der Waals surface area contributed by atoms with Gasteiger partial charge in [-0.25, -0.2) is 0 Å². The molecular weight excluding hydrogens is 214 g/mol. The van der Waals surface area contributed by atoms with E-state index in [2.05, 4.69) is 25.6 Å². The van der Waals surface area contributed by atoms with Gasteiger partial charge in [-0.3, -0.25) is 0 Å². The number of hydrogen-bond acceptors (Lipinski definition) is 2. The topological polar surface area (TPSA) is 26.0 Å². The summed E-state index contributed by atoms with van der Waals surface area (Å²) in [6, 6.07) is 6.27. The van der Waals surface area contributed by atoms with E-state index in [-0.39, 0.29) is 0 Å². The Bertz CT molecular complexity index is 334. The van der Waals surface area contributed by atoms with Gasteiger partial charge in [0.25, 0.3) is 0 Å². The number of nitrogens with two attached hydrogens (primary N) is 1. The van der Waals surface area contributed by atoms with E-state index in [1.807, 2.05) is 23.9 Å². The SMILES string of the molecule is C=CCCCCCSc1ccc(N)c(C)c1. The Balaban J connectivity index is 2.21. The van der Waals surface area contributed by atoms with Crippen LogP contribution < -0.4 is 5.73 Å². The zero-order chi connectivity index (χ0) is 11.8. The summed E-state index contributed by atoms with van der Waals surface area (Å²) >= 11 is 1.92. The molecule has 0 fully saturated rings. The number of anilines is 1. The first-order valence-electron chi connectivity index (χ1n) is 5.84. The molecule has 0 atom stereocenters. The van der Waals surface area contributed by atoms with Crippen molar-refractivity contribution in [3.05, 3.63) is 36.4 Å². The molecule has 0 unspecified atom stereocenters. The van der Waals surface area contributed by atoms with E-state index in [1.165, 1.54) is 35.5 Å². The molecule has 1 nitrogen and oxygen atoms in total. The van der Waals surface area contributed by atoms with Crippen LogP contribution in [-0.2, 0) is 0 Å². The van der Waals surface area contributed by atoms with Gasteiger partial charge in [0.05, 0.1) is 0 Å². The summed E-state index contributed by atoms with van der Waals surface area (Å²) in [5.74, 6) is 1.19. The van der Waals surface area contributed by atoms with Gasteiger partial charge in [-0.2, -0.15) is 0 Å². The molecule has 1 aromatic carbocycles. The summed E-state index contributed by atoms with van der Waals surface area (Å²) < 4.78 is 0. The van der Waals surface area contributed by atoms with Crippen molar-refractivity contribution >= 4 is 17.4 Å². The molecule has 0 aliphatic rings. The van der Waals surface area contributed by atoms with Gasteiger partial charge >= 0.3 is 0 Å². The summed E-state index contributed by atoms with van der Waals surface area (Å²) in [5.41, 5.74) is 7.84. The molecule has 0 amide bonds. The molecule has 0 aromatic heterocycles. The van der Waals surface area contributed by atoms with Crippen molar-refractivity contribution in [1.29, 1.82) is 0 Å². The largest absolute Gasteiger partial charge is 0.399 e. The van der Waals surface area contributed by atoms with Crippen LogP contribution in [0.2, 0.25) is 0 Å². The maximum Gasteiger partial charge on any atom is 0.0344 e. The predicted octanol–water partition coefficient (Wildman–Crippen LogP) is 4.42. The molecule has 0 saturated carbocycles. The Morgan fingerprint density at radius 3 is 2.81 bits per heavy atom. The lowest BCUT2D eigenvalue weighted by Crippen LogP contribution is -1.89. The fraction of sp³-hybridized carbons (Fsp3) is 0.429. The van der Waals surface area contributed by atoms with Crippen LogP contribution in [0.15, 0.2) is 35.7 Å². The van der Waals surface area contributed by atoms with Gasteiger partial charge in [-0.05, 0) is 55.7 Å². The van der Waals surface area contributed by atoms with Crippen molar-refractivity contribution in [2.75, 3.05) is 11.5 Å². The molecule has 0 spiro atoms. The minimum Gasteiger partial charge on any atom is -0.399 e. The molecule has 2 N–H and O–H groups in total. The monoisotopic (exact) mass is 235 g/mol. The average Bonchev–Trinajstić information content (AvgIpc) is 2.28. The Morgan fingerprint density at radius 2 is 2.12 bits per heavy atom. The molecule has 1 aromatic rings. The zero-order valence-corrected chi connectivity index (χ0v) is 10.9. The van der Waals surface area contributed by atoms with Crippen LogP contribution in [0.4, 0.5) is 5.69 Å². The van der Waals surface area contributed by atoms with E-state index >= 15 is 0 Å². The second-order valence-electron chi connectivity index (χ2n) is 4.00. The Morgan fingerprint density at radius 1 is 1.31 bits per heavy atom. The number of nitrogen functional groups attached to an aromatic ring is 1. The zero-order valence-electron chi connectivity index (χ0n) is 10.0.